The molecule has 0 atom stereocenters. The molecule has 0 spiro atoms. The molecule has 1 aromatic carbocycles. The molecule has 31 heavy (non-hydrogen) atoms. The molecule has 5 nitrogen and oxygen atoms in total. The van der Waals surface area contributed by atoms with Crippen LogP contribution < -0.4 is 10.6 Å². The summed E-state index contributed by atoms with van der Waals surface area (Å²) in [7, 11) is 0. The summed E-state index contributed by atoms with van der Waals surface area (Å²) in [5.41, 5.74) is 1.48. The van der Waals surface area contributed by atoms with Crippen molar-refractivity contribution in [2.24, 2.45) is 0 Å². The van der Waals surface area contributed by atoms with Gasteiger partial charge in [-0.1, -0.05) is 0 Å². The van der Waals surface area contributed by atoms with Gasteiger partial charge in [0.05, 0.1) is 24.3 Å². The van der Waals surface area contributed by atoms with Crippen LogP contribution in [0.3, 0.4) is 0 Å². The van der Waals surface area contributed by atoms with Crippen molar-refractivity contribution in [1.29, 1.82) is 0 Å². The van der Waals surface area contributed by atoms with Crippen LogP contribution in [0.2, 0.25) is 0 Å². The third-order valence-electron chi connectivity index (χ3n) is 5.15. The van der Waals surface area contributed by atoms with Crippen molar-refractivity contribution in [3.8, 4) is 0 Å². The number of fused-ring (bicyclic) bond motifs is 1. The fourth-order valence-corrected chi connectivity index (χ4v) is 4.73. The number of alkyl halides is 3. The van der Waals surface area contributed by atoms with Gasteiger partial charge in [-0.25, -0.2) is 0 Å². The quantitative estimate of drug-likeness (QED) is 0.659. The second kappa shape index (κ2) is 11.0. The van der Waals surface area contributed by atoms with Gasteiger partial charge in [-0.3, -0.25) is 9.69 Å². The fraction of sp³-hybridized carbons (Fsp3) is 0.450. The predicted molar refractivity (Wildman–Crippen MR) is 120 cm³/mol. The van der Waals surface area contributed by atoms with E-state index in [0.29, 0.717) is 44.0 Å². The Bertz CT molecular complexity index is 902. The van der Waals surface area contributed by atoms with E-state index in [-0.39, 0.29) is 36.4 Å². The number of benzene rings is 1. The maximum Gasteiger partial charge on any atom is 0.416 e. The molecule has 2 aliphatic heterocycles. The minimum atomic E-state index is -4.48. The smallest absolute Gasteiger partial charge is 0.379 e. The monoisotopic (exact) mass is 497 g/mol. The van der Waals surface area contributed by atoms with Crippen LogP contribution in [0.15, 0.2) is 23.6 Å². The Morgan fingerprint density at radius 1 is 1.19 bits per heavy atom. The van der Waals surface area contributed by atoms with Crippen molar-refractivity contribution in [1.82, 2.24) is 10.2 Å². The predicted octanol–water partition coefficient (Wildman–Crippen LogP) is 4.34. The minimum Gasteiger partial charge on any atom is -0.379 e. The van der Waals surface area contributed by atoms with Crippen molar-refractivity contribution < 1.29 is 22.7 Å². The zero-order valence-electron chi connectivity index (χ0n) is 16.6. The number of morpholine rings is 1. The molecule has 1 fully saturated rings. The van der Waals surface area contributed by atoms with Crippen LogP contribution in [-0.4, -0.2) is 43.7 Å². The lowest BCUT2D eigenvalue weighted by molar-refractivity contribution is -0.137. The Morgan fingerprint density at radius 3 is 2.65 bits per heavy atom. The van der Waals surface area contributed by atoms with Crippen molar-refractivity contribution in [3.05, 3.63) is 50.7 Å². The van der Waals surface area contributed by atoms with Gasteiger partial charge in [0.15, 0.2) is 0 Å². The molecule has 3 heterocycles. The Morgan fingerprint density at radius 2 is 1.94 bits per heavy atom. The number of hydrogen-bond donors (Lipinski definition) is 2. The summed E-state index contributed by atoms with van der Waals surface area (Å²) in [5, 5.41) is 7.73. The first kappa shape index (κ1) is 25.9. The number of carbonyl (C=O) groups is 1. The number of anilines is 1. The van der Waals surface area contributed by atoms with Gasteiger partial charge in [0.25, 0.3) is 5.91 Å². The van der Waals surface area contributed by atoms with E-state index in [9.17, 15) is 18.0 Å². The SMILES string of the molecule is Cl.Cl.O=C(Nc1cc(CN2CCOCC2)cc(C(F)(F)F)c1)c1csc2c1CCNC2. The molecule has 0 radical (unpaired) electrons. The normalized spacial score (nSPS) is 16.6. The summed E-state index contributed by atoms with van der Waals surface area (Å²) in [6, 6.07) is 3.79. The van der Waals surface area contributed by atoms with Crippen molar-refractivity contribution >= 4 is 47.7 Å². The lowest BCUT2D eigenvalue weighted by Gasteiger charge is -2.27. The van der Waals surface area contributed by atoms with Crippen molar-refractivity contribution in [3.63, 3.8) is 0 Å². The topological polar surface area (TPSA) is 53.6 Å². The number of nitrogens with zero attached hydrogens (tertiary/aromatic N) is 1. The molecule has 0 unspecified atom stereocenters. The molecular formula is C20H24Cl2F3N3O2S. The zero-order valence-corrected chi connectivity index (χ0v) is 19.0. The minimum absolute atomic E-state index is 0. The third-order valence-corrected chi connectivity index (χ3v) is 6.18. The Hall–Kier alpha value is -1.36. The van der Waals surface area contributed by atoms with Crippen LogP contribution in [0.4, 0.5) is 18.9 Å². The van der Waals surface area contributed by atoms with Crippen LogP contribution >= 0.6 is 36.2 Å². The van der Waals surface area contributed by atoms with E-state index < -0.39 is 11.7 Å². The highest BCUT2D eigenvalue weighted by molar-refractivity contribution is 7.10. The van der Waals surface area contributed by atoms with Crippen molar-refractivity contribution in [2.45, 2.75) is 25.7 Å². The van der Waals surface area contributed by atoms with E-state index in [1.807, 2.05) is 4.90 Å². The molecule has 1 aromatic heterocycles. The highest BCUT2D eigenvalue weighted by Gasteiger charge is 2.32. The van der Waals surface area contributed by atoms with E-state index in [2.05, 4.69) is 10.6 Å². The molecule has 0 aliphatic carbocycles. The Balaban J connectivity index is 0.00000171. The van der Waals surface area contributed by atoms with E-state index in [1.54, 1.807) is 11.4 Å². The van der Waals surface area contributed by atoms with E-state index in [1.165, 1.54) is 11.3 Å². The van der Waals surface area contributed by atoms with Gasteiger partial charge in [0, 0.05) is 42.1 Å². The molecule has 172 valence electrons. The zero-order chi connectivity index (χ0) is 20.4. The second-order valence-electron chi connectivity index (χ2n) is 7.24. The van der Waals surface area contributed by atoms with Crippen LogP contribution in [-0.2, 0) is 30.4 Å². The van der Waals surface area contributed by atoms with E-state index in [4.69, 9.17) is 4.74 Å². The first-order chi connectivity index (χ1) is 13.9. The van der Waals surface area contributed by atoms with E-state index in [0.717, 1.165) is 42.1 Å². The molecule has 2 aliphatic rings. The molecule has 2 N–H and O–H groups in total. The number of thiophene rings is 1. The Kier molecular flexibility index (Phi) is 9.17. The lowest BCUT2D eigenvalue weighted by atomic mass is 10.0. The molecule has 4 rings (SSSR count). The molecule has 11 heteroatoms. The molecule has 0 bridgehead atoms. The number of ether oxygens (including phenoxy) is 1. The van der Waals surface area contributed by atoms with E-state index >= 15 is 0 Å². The van der Waals surface area contributed by atoms with Gasteiger partial charge < -0.3 is 15.4 Å². The number of halogens is 5. The van der Waals surface area contributed by atoms with Gasteiger partial charge in [-0.2, -0.15) is 13.2 Å². The first-order valence-corrected chi connectivity index (χ1v) is 10.4. The van der Waals surface area contributed by atoms with Crippen LogP contribution in [0.25, 0.3) is 0 Å². The largest absolute Gasteiger partial charge is 0.416 e. The molecule has 2 aromatic rings. The molecule has 1 amide bonds. The van der Waals surface area contributed by atoms with Crippen LogP contribution in [0.1, 0.15) is 31.9 Å². The second-order valence-corrected chi connectivity index (χ2v) is 8.20. The van der Waals surface area contributed by atoms with Gasteiger partial charge in [-0.15, -0.1) is 36.2 Å². The average Bonchev–Trinajstić information content (AvgIpc) is 3.12. The summed E-state index contributed by atoms with van der Waals surface area (Å²) in [6.45, 7) is 4.38. The maximum atomic E-state index is 13.4. The number of nitrogens with one attached hydrogen (secondary N) is 2. The average molecular weight is 498 g/mol. The van der Waals surface area contributed by atoms with Gasteiger partial charge in [-0.05, 0) is 42.3 Å². The standard InChI is InChI=1S/C20H22F3N3O2S.2ClH/c21-20(22,23)14-7-13(11-26-3-5-28-6-4-26)8-15(9-14)25-19(27)17-12-29-18-10-24-2-1-16(17)18;;/h7-9,12,24H,1-6,10-11H2,(H,25,27);2*1H. The maximum absolute atomic E-state index is 13.4. The van der Waals surface area contributed by atoms with Gasteiger partial charge in [0.1, 0.15) is 0 Å². The molecule has 0 saturated carbocycles. The summed E-state index contributed by atoms with van der Waals surface area (Å²) in [5.74, 6) is -0.360. The highest BCUT2D eigenvalue weighted by Crippen LogP contribution is 2.33. The third kappa shape index (κ3) is 6.34. The highest BCUT2D eigenvalue weighted by atomic mass is 35.5. The summed E-state index contributed by atoms with van der Waals surface area (Å²) in [6.07, 6.45) is -3.74. The lowest BCUT2D eigenvalue weighted by Crippen LogP contribution is -2.35. The van der Waals surface area contributed by atoms with Crippen molar-refractivity contribution in [2.75, 3.05) is 38.2 Å². The summed E-state index contributed by atoms with van der Waals surface area (Å²) < 4.78 is 45.5. The van der Waals surface area contributed by atoms with Gasteiger partial charge >= 0.3 is 6.18 Å². The molecular weight excluding hydrogens is 474 g/mol. The summed E-state index contributed by atoms with van der Waals surface area (Å²) >= 11 is 1.50. The number of carbonyl (C=O) groups excluding carboxylic acids is 1. The Labute approximate surface area is 195 Å². The fourth-order valence-electron chi connectivity index (χ4n) is 3.69. The molecule has 1 saturated heterocycles. The van der Waals surface area contributed by atoms with Gasteiger partial charge in [0.2, 0.25) is 0 Å². The number of amides is 1. The summed E-state index contributed by atoms with van der Waals surface area (Å²) in [4.78, 5) is 15.9. The first-order valence-electron chi connectivity index (χ1n) is 9.53. The van der Waals surface area contributed by atoms with Crippen LogP contribution in [0, 0.1) is 0 Å². The number of rotatable bonds is 4. The number of hydrogen-bond acceptors (Lipinski definition) is 5. The van der Waals surface area contributed by atoms with Crippen LogP contribution in [0.5, 0.6) is 0 Å².